The third-order valence-electron chi connectivity index (χ3n) is 5.08. The molecule has 2 heterocycles. The van der Waals surface area contributed by atoms with Crippen LogP contribution in [0.3, 0.4) is 0 Å². The highest BCUT2D eigenvalue weighted by Crippen LogP contribution is 2.26. The van der Waals surface area contributed by atoms with Gasteiger partial charge in [0.2, 0.25) is 0 Å². The molecule has 0 bridgehead atoms. The second-order valence-corrected chi connectivity index (χ2v) is 7.64. The van der Waals surface area contributed by atoms with E-state index >= 15 is 0 Å². The first-order valence-electron chi connectivity index (χ1n) is 10.2. The van der Waals surface area contributed by atoms with Gasteiger partial charge in [0.1, 0.15) is 23.9 Å². The van der Waals surface area contributed by atoms with Crippen molar-refractivity contribution in [3.8, 4) is 23.9 Å². The normalized spacial score (nSPS) is 11.5. The molecular weight excluding hydrogens is 457 g/mol. The molecule has 0 saturated carbocycles. The van der Waals surface area contributed by atoms with Crippen LogP contribution in [-0.4, -0.2) is 30.6 Å². The maximum absolute atomic E-state index is 14.2. The van der Waals surface area contributed by atoms with Crippen LogP contribution in [0, 0.1) is 18.2 Å². The molecule has 0 fully saturated rings. The average molecular weight is 476 g/mol. The zero-order valence-corrected chi connectivity index (χ0v) is 18.8. The Bertz CT molecular complexity index is 1350. The van der Waals surface area contributed by atoms with Gasteiger partial charge in [0.15, 0.2) is 11.6 Å². The maximum atomic E-state index is 14.2. The zero-order valence-electron chi connectivity index (χ0n) is 18.0. The molecule has 10 heteroatoms. The monoisotopic (exact) mass is 475 g/mol. The van der Waals surface area contributed by atoms with E-state index in [9.17, 15) is 9.18 Å². The number of hydrogen-bond donors (Lipinski definition) is 2. The van der Waals surface area contributed by atoms with Crippen molar-refractivity contribution in [1.29, 1.82) is 0 Å². The fraction of sp³-hybridized carbons (Fsp3) is 0.125. The molecule has 0 aliphatic heterocycles. The van der Waals surface area contributed by atoms with Crippen LogP contribution in [0.2, 0.25) is 5.02 Å². The Hall–Kier alpha value is -4.29. The van der Waals surface area contributed by atoms with E-state index in [2.05, 4.69) is 36.7 Å². The fourth-order valence-corrected chi connectivity index (χ4v) is 3.58. The fourth-order valence-electron chi connectivity index (χ4n) is 3.31. The van der Waals surface area contributed by atoms with Crippen LogP contribution in [0.4, 0.5) is 10.1 Å². The van der Waals surface area contributed by atoms with Crippen molar-refractivity contribution in [2.45, 2.75) is 12.6 Å². The molecule has 1 unspecified atom stereocenters. The average Bonchev–Trinajstić information content (AvgIpc) is 3.22. The van der Waals surface area contributed by atoms with Gasteiger partial charge in [0.05, 0.1) is 6.54 Å². The SMILES string of the molecule is C#CC(NC(=O)c1cccc(NCc2nnc(-c3ccncn3)n2C)c1)c1c(F)cccc1Cl. The molecule has 1 amide bonds. The molecule has 2 aromatic carbocycles. The van der Waals surface area contributed by atoms with E-state index in [4.69, 9.17) is 18.0 Å². The Morgan fingerprint density at radius 3 is 2.79 bits per heavy atom. The minimum Gasteiger partial charge on any atom is -0.378 e. The Morgan fingerprint density at radius 1 is 1.24 bits per heavy atom. The topological polar surface area (TPSA) is 97.6 Å². The lowest BCUT2D eigenvalue weighted by Gasteiger charge is -2.16. The van der Waals surface area contributed by atoms with Gasteiger partial charge in [-0.2, -0.15) is 0 Å². The van der Waals surface area contributed by atoms with E-state index in [-0.39, 0.29) is 10.6 Å². The van der Waals surface area contributed by atoms with Crippen molar-refractivity contribution in [3.63, 3.8) is 0 Å². The summed E-state index contributed by atoms with van der Waals surface area (Å²) in [6.07, 6.45) is 8.63. The second kappa shape index (κ2) is 10.1. The number of nitrogens with one attached hydrogen (secondary N) is 2. The lowest BCUT2D eigenvalue weighted by molar-refractivity contribution is 0.0945. The van der Waals surface area contributed by atoms with Crippen LogP contribution in [0.5, 0.6) is 0 Å². The van der Waals surface area contributed by atoms with Gasteiger partial charge in [0, 0.05) is 35.1 Å². The summed E-state index contributed by atoms with van der Waals surface area (Å²) in [6, 6.07) is 11.8. The molecule has 0 spiro atoms. The summed E-state index contributed by atoms with van der Waals surface area (Å²) in [6.45, 7) is 0.359. The van der Waals surface area contributed by atoms with Crippen molar-refractivity contribution in [2.75, 3.05) is 5.32 Å². The van der Waals surface area contributed by atoms with E-state index < -0.39 is 17.8 Å². The summed E-state index contributed by atoms with van der Waals surface area (Å²) in [7, 11) is 1.84. The number of hydrogen-bond acceptors (Lipinski definition) is 6. The number of halogens is 2. The summed E-state index contributed by atoms with van der Waals surface area (Å²) in [5.74, 6) is 2.62. The van der Waals surface area contributed by atoms with Crippen LogP contribution < -0.4 is 10.6 Å². The standard InChI is InChI=1S/C24H19ClFN7O/c1-3-19(22-17(25)8-5-9-18(22)26)30-24(34)15-6-4-7-16(12-15)28-13-21-31-32-23(33(21)2)20-10-11-27-14-29-20/h1,4-12,14,19,28H,13H2,2H3,(H,30,34). The maximum Gasteiger partial charge on any atom is 0.252 e. The largest absolute Gasteiger partial charge is 0.378 e. The summed E-state index contributed by atoms with van der Waals surface area (Å²) < 4.78 is 16.1. The molecule has 170 valence electrons. The first-order chi connectivity index (χ1) is 16.5. The van der Waals surface area contributed by atoms with E-state index in [0.717, 1.165) is 0 Å². The van der Waals surface area contributed by atoms with Crippen LogP contribution in [0.1, 0.15) is 27.8 Å². The highest BCUT2D eigenvalue weighted by molar-refractivity contribution is 6.31. The lowest BCUT2D eigenvalue weighted by atomic mass is 10.1. The summed E-state index contributed by atoms with van der Waals surface area (Å²) >= 11 is 6.09. The number of benzene rings is 2. The van der Waals surface area contributed by atoms with Gasteiger partial charge in [-0.15, -0.1) is 16.6 Å². The smallest absolute Gasteiger partial charge is 0.252 e. The molecule has 0 aliphatic rings. The number of amides is 1. The predicted octanol–water partition coefficient (Wildman–Crippen LogP) is 3.78. The van der Waals surface area contributed by atoms with Gasteiger partial charge in [-0.25, -0.2) is 14.4 Å². The minimum atomic E-state index is -1.02. The third kappa shape index (κ3) is 4.87. The Kier molecular flexibility index (Phi) is 6.80. The van der Waals surface area contributed by atoms with Gasteiger partial charge in [0.25, 0.3) is 5.91 Å². The van der Waals surface area contributed by atoms with Gasteiger partial charge >= 0.3 is 0 Å². The molecule has 34 heavy (non-hydrogen) atoms. The first-order valence-corrected chi connectivity index (χ1v) is 10.5. The van der Waals surface area contributed by atoms with Gasteiger partial charge in [-0.1, -0.05) is 29.7 Å². The molecule has 0 aliphatic carbocycles. The number of nitrogens with zero attached hydrogens (tertiary/aromatic N) is 5. The molecule has 2 N–H and O–H groups in total. The number of aromatic nitrogens is 5. The van der Waals surface area contributed by atoms with E-state index in [0.29, 0.717) is 35.1 Å². The van der Waals surface area contributed by atoms with Crippen LogP contribution in [-0.2, 0) is 13.6 Å². The number of carbonyl (C=O) groups excluding carboxylic acids is 1. The lowest BCUT2D eigenvalue weighted by Crippen LogP contribution is -2.28. The highest BCUT2D eigenvalue weighted by atomic mass is 35.5. The van der Waals surface area contributed by atoms with Crippen molar-refractivity contribution in [1.82, 2.24) is 30.0 Å². The molecule has 0 saturated heterocycles. The van der Waals surface area contributed by atoms with Crippen molar-refractivity contribution < 1.29 is 9.18 Å². The zero-order chi connectivity index (χ0) is 24.1. The predicted molar refractivity (Wildman–Crippen MR) is 126 cm³/mol. The number of anilines is 1. The molecule has 2 aromatic heterocycles. The summed E-state index contributed by atoms with van der Waals surface area (Å²) in [5.41, 5.74) is 1.74. The first kappa shape index (κ1) is 22.9. The van der Waals surface area contributed by atoms with E-state index in [1.807, 2.05) is 17.7 Å². The number of carbonyl (C=O) groups is 1. The third-order valence-corrected chi connectivity index (χ3v) is 5.41. The Balaban J connectivity index is 1.46. The quantitative estimate of drug-likeness (QED) is 0.395. The molecule has 4 rings (SSSR count). The number of rotatable bonds is 7. The van der Waals surface area contributed by atoms with Crippen LogP contribution >= 0.6 is 11.6 Å². The van der Waals surface area contributed by atoms with Gasteiger partial charge in [-0.05, 0) is 36.4 Å². The van der Waals surface area contributed by atoms with Crippen molar-refractivity contribution in [2.24, 2.45) is 7.05 Å². The Labute approximate surface area is 200 Å². The second-order valence-electron chi connectivity index (χ2n) is 7.24. The van der Waals surface area contributed by atoms with Crippen LogP contribution in [0.15, 0.2) is 61.1 Å². The number of terminal acetylenes is 1. The summed E-state index contributed by atoms with van der Waals surface area (Å²) in [5, 5.41) is 14.4. The van der Waals surface area contributed by atoms with Crippen molar-refractivity contribution in [3.05, 3.63) is 88.8 Å². The molecule has 0 radical (unpaired) electrons. The molecule has 1 atom stereocenters. The van der Waals surface area contributed by atoms with E-state index in [1.54, 1.807) is 30.5 Å². The minimum absolute atomic E-state index is 0.0519. The van der Waals surface area contributed by atoms with Crippen molar-refractivity contribution >= 4 is 23.2 Å². The van der Waals surface area contributed by atoms with Gasteiger partial charge in [-0.3, -0.25) is 4.79 Å². The summed E-state index contributed by atoms with van der Waals surface area (Å²) in [4.78, 5) is 20.9. The van der Waals surface area contributed by atoms with Gasteiger partial charge < -0.3 is 15.2 Å². The molecule has 8 nitrogen and oxygen atoms in total. The highest BCUT2D eigenvalue weighted by Gasteiger charge is 2.20. The molecule has 4 aromatic rings. The van der Waals surface area contributed by atoms with E-state index in [1.165, 1.54) is 24.5 Å². The van der Waals surface area contributed by atoms with Crippen LogP contribution in [0.25, 0.3) is 11.5 Å². The Morgan fingerprint density at radius 2 is 2.06 bits per heavy atom. The molecular formula is C24H19ClFN7O.